The molecule has 1 heterocycles. The third kappa shape index (κ3) is 16.1. The van der Waals surface area contributed by atoms with Gasteiger partial charge in [-0.15, -0.1) is 0 Å². The lowest BCUT2D eigenvalue weighted by Crippen LogP contribution is -2.61. The fraction of sp³-hybridized carbons (Fsp3) is 0.867. The predicted octanol–water partition coefficient (Wildman–Crippen LogP) is 3.03. The van der Waals surface area contributed by atoms with E-state index in [0.29, 0.717) is 26.2 Å². The van der Waals surface area contributed by atoms with Gasteiger partial charge in [0, 0.05) is 31.7 Å². The molecule has 0 saturated carbocycles. The van der Waals surface area contributed by atoms with Gasteiger partial charge in [0.15, 0.2) is 0 Å². The maximum atomic E-state index is 13.0. The van der Waals surface area contributed by atoms with Crippen LogP contribution in [0.1, 0.15) is 90.0 Å². The van der Waals surface area contributed by atoms with Crippen LogP contribution in [0.5, 0.6) is 0 Å². The third-order valence-electron chi connectivity index (χ3n) is 5.65. The van der Waals surface area contributed by atoms with Crippen molar-refractivity contribution < 1.29 is 38.1 Å². The van der Waals surface area contributed by atoms with Crippen molar-refractivity contribution in [3.8, 4) is 0 Å². The van der Waals surface area contributed by atoms with Crippen LogP contribution in [-0.2, 0) is 38.1 Å². The standard InChI is InChI=1S/C30H55N3O8/c1-26(2,3)38-22(34)16-31-14-15-32(17-23(35)39-27(4,5)6)21-30(13,20-31)33(18-24(36)40-28(7,8)9)19-25(37)41-29(10,11)12/h14-21H2,1-13H3. The summed E-state index contributed by atoms with van der Waals surface area (Å²) in [6, 6.07) is 0. The van der Waals surface area contributed by atoms with E-state index in [1.54, 1.807) is 46.4 Å². The zero-order valence-corrected chi connectivity index (χ0v) is 27.8. The van der Waals surface area contributed by atoms with Gasteiger partial charge >= 0.3 is 23.9 Å². The van der Waals surface area contributed by atoms with E-state index in [1.807, 2.05) is 58.3 Å². The molecular formula is C30H55N3O8. The van der Waals surface area contributed by atoms with E-state index in [4.69, 9.17) is 18.9 Å². The lowest BCUT2D eigenvalue weighted by molar-refractivity contribution is -0.165. The number of hydrogen-bond acceptors (Lipinski definition) is 11. The SMILES string of the molecule is CC(C)(C)OC(=O)CN1CCN(CC(=O)OC(C)(C)C)CC(C)(N(CC(=O)OC(C)(C)C)CC(=O)OC(C)(C)C)C1. The van der Waals surface area contributed by atoms with E-state index >= 15 is 0 Å². The highest BCUT2D eigenvalue weighted by Gasteiger charge is 2.42. The molecule has 0 amide bonds. The number of ether oxygens (including phenoxy) is 4. The van der Waals surface area contributed by atoms with Crippen molar-refractivity contribution in [2.75, 3.05) is 52.4 Å². The van der Waals surface area contributed by atoms with E-state index < -0.39 is 39.9 Å². The summed E-state index contributed by atoms with van der Waals surface area (Å²) in [5, 5.41) is 0. The molecule has 11 nitrogen and oxygen atoms in total. The minimum Gasteiger partial charge on any atom is -0.459 e. The summed E-state index contributed by atoms with van der Waals surface area (Å²) in [5.74, 6) is -1.76. The number of nitrogens with zero attached hydrogens (tertiary/aromatic N) is 3. The Bertz CT molecular complexity index is 852. The van der Waals surface area contributed by atoms with E-state index in [9.17, 15) is 19.2 Å². The van der Waals surface area contributed by atoms with Gasteiger partial charge in [0.1, 0.15) is 22.4 Å². The van der Waals surface area contributed by atoms with Gasteiger partial charge in [-0.3, -0.25) is 33.9 Å². The molecule has 0 aromatic carbocycles. The predicted molar refractivity (Wildman–Crippen MR) is 156 cm³/mol. The van der Waals surface area contributed by atoms with E-state index in [0.717, 1.165) is 0 Å². The number of esters is 4. The van der Waals surface area contributed by atoms with Crippen molar-refractivity contribution in [1.29, 1.82) is 0 Å². The molecule has 238 valence electrons. The van der Waals surface area contributed by atoms with E-state index in [-0.39, 0.29) is 38.1 Å². The highest BCUT2D eigenvalue weighted by molar-refractivity contribution is 5.76. The van der Waals surface area contributed by atoms with Crippen LogP contribution in [0.3, 0.4) is 0 Å². The molecule has 0 atom stereocenters. The van der Waals surface area contributed by atoms with Crippen LogP contribution in [0.15, 0.2) is 0 Å². The zero-order valence-electron chi connectivity index (χ0n) is 27.8. The molecule has 0 aromatic rings. The highest BCUT2D eigenvalue weighted by atomic mass is 16.6. The highest BCUT2D eigenvalue weighted by Crippen LogP contribution is 2.24. The largest absolute Gasteiger partial charge is 0.459 e. The molecule has 1 fully saturated rings. The molecule has 0 spiro atoms. The summed E-state index contributed by atoms with van der Waals surface area (Å²) in [5.41, 5.74) is -3.59. The topological polar surface area (TPSA) is 115 Å². The van der Waals surface area contributed by atoms with Gasteiger partial charge in [-0.2, -0.15) is 0 Å². The van der Waals surface area contributed by atoms with Crippen LogP contribution in [0.25, 0.3) is 0 Å². The second-order valence-electron chi connectivity index (χ2n) is 15.1. The molecule has 0 N–H and O–H groups in total. The number of carbonyl (C=O) groups is 4. The Kier molecular flexibility index (Phi) is 12.4. The molecule has 0 radical (unpaired) electrons. The second kappa shape index (κ2) is 13.8. The van der Waals surface area contributed by atoms with Crippen molar-refractivity contribution in [2.24, 2.45) is 0 Å². The summed E-state index contributed by atoms with van der Waals surface area (Å²) in [6.07, 6.45) is 0. The van der Waals surface area contributed by atoms with Crippen LogP contribution >= 0.6 is 0 Å². The molecule has 0 unspecified atom stereocenters. The van der Waals surface area contributed by atoms with Crippen molar-refractivity contribution in [2.45, 2.75) is 118 Å². The smallest absolute Gasteiger partial charge is 0.320 e. The average Bonchev–Trinajstić information content (AvgIpc) is 2.80. The maximum absolute atomic E-state index is 13.0. The zero-order chi connectivity index (χ0) is 32.0. The Morgan fingerprint density at radius 1 is 0.561 bits per heavy atom. The molecular weight excluding hydrogens is 530 g/mol. The Labute approximate surface area is 247 Å². The Hall–Kier alpha value is -2.24. The fourth-order valence-electron chi connectivity index (χ4n) is 4.53. The van der Waals surface area contributed by atoms with Gasteiger partial charge in [0.05, 0.1) is 26.2 Å². The summed E-state index contributed by atoms with van der Waals surface area (Å²) in [4.78, 5) is 57.3. The van der Waals surface area contributed by atoms with E-state index in [2.05, 4.69) is 0 Å². The lowest BCUT2D eigenvalue weighted by Gasteiger charge is -2.43. The quantitative estimate of drug-likeness (QED) is 0.294. The van der Waals surface area contributed by atoms with Crippen molar-refractivity contribution >= 4 is 23.9 Å². The molecule has 0 bridgehead atoms. The molecule has 0 aromatic heterocycles. The van der Waals surface area contributed by atoms with Gasteiger partial charge in [-0.05, 0) is 90.0 Å². The van der Waals surface area contributed by atoms with Crippen LogP contribution in [0.2, 0.25) is 0 Å². The molecule has 1 rings (SSSR count). The van der Waals surface area contributed by atoms with Crippen molar-refractivity contribution in [3.05, 3.63) is 0 Å². The lowest BCUT2D eigenvalue weighted by atomic mass is 9.97. The van der Waals surface area contributed by atoms with Gasteiger partial charge in [0.2, 0.25) is 0 Å². The van der Waals surface area contributed by atoms with Crippen molar-refractivity contribution in [1.82, 2.24) is 14.7 Å². The minimum atomic E-state index is -0.867. The molecule has 1 aliphatic heterocycles. The van der Waals surface area contributed by atoms with Gasteiger partial charge in [-0.1, -0.05) is 0 Å². The van der Waals surface area contributed by atoms with E-state index in [1.165, 1.54) is 0 Å². The summed E-state index contributed by atoms with van der Waals surface area (Å²) < 4.78 is 22.3. The first-order valence-corrected chi connectivity index (χ1v) is 14.3. The Balaban J connectivity index is 3.41. The molecule has 1 saturated heterocycles. The van der Waals surface area contributed by atoms with Crippen LogP contribution in [0, 0.1) is 0 Å². The number of rotatable bonds is 9. The number of hydrogen-bond donors (Lipinski definition) is 0. The summed E-state index contributed by atoms with van der Waals surface area (Å²) >= 11 is 0. The first-order valence-electron chi connectivity index (χ1n) is 14.3. The van der Waals surface area contributed by atoms with Gasteiger partial charge < -0.3 is 18.9 Å². The molecule has 0 aliphatic carbocycles. The molecule has 11 heteroatoms. The normalized spacial score (nSPS) is 17.5. The average molecular weight is 586 g/mol. The van der Waals surface area contributed by atoms with Crippen molar-refractivity contribution in [3.63, 3.8) is 0 Å². The number of carbonyl (C=O) groups excluding carboxylic acids is 4. The third-order valence-corrected chi connectivity index (χ3v) is 5.65. The maximum Gasteiger partial charge on any atom is 0.320 e. The Morgan fingerprint density at radius 2 is 0.829 bits per heavy atom. The summed E-state index contributed by atoms with van der Waals surface area (Å²) in [6.45, 7) is 24.7. The molecule has 1 aliphatic rings. The first kappa shape index (κ1) is 36.8. The minimum absolute atomic E-state index is 0.0137. The monoisotopic (exact) mass is 585 g/mol. The Morgan fingerprint density at radius 3 is 1.10 bits per heavy atom. The first-order chi connectivity index (χ1) is 18.3. The fourth-order valence-corrected chi connectivity index (χ4v) is 4.53. The molecule has 41 heavy (non-hydrogen) atoms. The van der Waals surface area contributed by atoms with Crippen LogP contribution < -0.4 is 0 Å². The van der Waals surface area contributed by atoms with Crippen LogP contribution in [-0.4, -0.2) is 119 Å². The second-order valence-corrected chi connectivity index (χ2v) is 15.1. The van der Waals surface area contributed by atoms with Crippen LogP contribution in [0.4, 0.5) is 0 Å². The van der Waals surface area contributed by atoms with Gasteiger partial charge in [0.25, 0.3) is 0 Å². The van der Waals surface area contributed by atoms with Gasteiger partial charge in [-0.25, -0.2) is 0 Å². The summed E-state index contributed by atoms with van der Waals surface area (Å²) in [7, 11) is 0.